The highest BCUT2D eigenvalue weighted by Gasteiger charge is 2.42. The van der Waals surface area contributed by atoms with Crippen LogP contribution in [0.15, 0.2) is 18.3 Å². The Bertz CT molecular complexity index is 564. The highest BCUT2D eigenvalue weighted by atomic mass is 16.1. The number of amides is 1. The second kappa shape index (κ2) is 6.14. The first-order valence-electron chi connectivity index (χ1n) is 9.22. The summed E-state index contributed by atoms with van der Waals surface area (Å²) in [6.45, 7) is 4.34. The number of hydrogen-bond acceptors (Lipinski definition) is 3. The highest BCUT2D eigenvalue weighted by molar-refractivity contribution is 5.94. The molecular formula is C19H27N3O. The molecule has 4 nitrogen and oxygen atoms in total. The standard InChI is InChI=1S/C19H27N3O/c1-13(17-11-14-4-5-15(17)10-14)21-19(23)16-6-7-18(20-12-16)22-8-2-3-9-22/h6-7,12-15,17H,2-5,8-11H2,1H3,(H,21,23). The van der Waals surface area contributed by atoms with Gasteiger partial charge in [0.1, 0.15) is 5.82 Å². The summed E-state index contributed by atoms with van der Waals surface area (Å²) in [6.07, 6.45) is 9.67. The Morgan fingerprint density at radius 3 is 2.70 bits per heavy atom. The average molecular weight is 313 g/mol. The van der Waals surface area contributed by atoms with Crippen LogP contribution in [-0.4, -0.2) is 30.0 Å². The SMILES string of the molecule is CC(NC(=O)c1ccc(N2CCCC2)nc1)C1CC2CCC1C2. The van der Waals surface area contributed by atoms with Crippen molar-refractivity contribution in [2.45, 2.75) is 51.5 Å². The van der Waals surface area contributed by atoms with Crippen LogP contribution in [0.2, 0.25) is 0 Å². The van der Waals surface area contributed by atoms with Gasteiger partial charge in [-0.2, -0.15) is 0 Å². The lowest BCUT2D eigenvalue weighted by atomic mass is 9.84. The van der Waals surface area contributed by atoms with Crippen molar-refractivity contribution in [3.05, 3.63) is 23.9 Å². The molecule has 1 saturated heterocycles. The number of carbonyl (C=O) groups excluding carboxylic acids is 1. The number of aromatic nitrogens is 1. The van der Waals surface area contributed by atoms with Crippen molar-refractivity contribution in [3.63, 3.8) is 0 Å². The van der Waals surface area contributed by atoms with Crippen LogP contribution >= 0.6 is 0 Å². The molecule has 0 spiro atoms. The molecule has 0 aromatic carbocycles. The Balaban J connectivity index is 1.36. The summed E-state index contributed by atoms with van der Waals surface area (Å²) in [7, 11) is 0. The molecule has 23 heavy (non-hydrogen) atoms. The van der Waals surface area contributed by atoms with E-state index in [1.807, 2.05) is 12.1 Å². The minimum absolute atomic E-state index is 0.0285. The average Bonchev–Trinajstić information content (AvgIpc) is 3.32. The quantitative estimate of drug-likeness (QED) is 0.928. The Kier molecular flexibility index (Phi) is 4.00. The van der Waals surface area contributed by atoms with Gasteiger partial charge in [-0.15, -0.1) is 0 Å². The Hall–Kier alpha value is -1.58. The topological polar surface area (TPSA) is 45.2 Å². The molecule has 2 bridgehead atoms. The maximum absolute atomic E-state index is 12.5. The number of fused-ring (bicyclic) bond motifs is 2. The Morgan fingerprint density at radius 2 is 2.09 bits per heavy atom. The van der Waals surface area contributed by atoms with Crippen LogP contribution in [0.4, 0.5) is 5.82 Å². The minimum Gasteiger partial charge on any atom is -0.357 e. The molecule has 124 valence electrons. The van der Waals surface area contributed by atoms with Crippen molar-refractivity contribution in [1.82, 2.24) is 10.3 Å². The number of nitrogens with one attached hydrogen (secondary N) is 1. The summed E-state index contributed by atoms with van der Waals surface area (Å²) in [4.78, 5) is 19.3. The summed E-state index contributed by atoms with van der Waals surface area (Å²) in [6, 6.07) is 4.18. The fourth-order valence-corrected chi connectivity index (χ4v) is 4.96. The molecule has 1 aromatic heterocycles. The van der Waals surface area contributed by atoms with E-state index in [4.69, 9.17) is 0 Å². The van der Waals surface area contributed by atoms with Crippen LogP contribution < -0.4 is 10.2 Å². The van der Waals surface area contributed by atoms with Crippen molar-refractivity contribution in [2.24, 2.45) is 17.8 Å². The lowest BCUT2D eigenvalue weighted by molar-refractivity contribution is 0.0915. The van der Waals surface area contributed by atoms with E-state index in [1.165, 1.54) is 38.5 Å². The second-order valence-corrected chi connectivity index (χ2v) is 7.70. The van der Waals surface area contributed by atoms with Crippen LogP contribution in [0.25, 0.3) is 0 Å². The molecule has 3 fully saturated rings. The van der Waals surface area contributed by atoms with Crippen molar-refractivity contribution in [2.75, 3.05) is 18.0 Å². The number of pyridine rings is 1. The fraction of sp³-hybridized carbons (Fsp3) is 0.684. The molecule has 1 aromatic rings. The van der Waals surface area contributed by atoms with Crippen molar-refractivity contribution < 1.29 is 4.79 Å². The number of nitrogens with zero attached hydrogens (tertiary/aromatic N) is 2. The van der Waals surface area contributed by atoms with Crippen molar-refractivity contribution in [1.29, 1.82) is 0 Å². The first-order valence-corrected chi connectivity index (χ1v) is 9.22. The van der Waals surface area contributed by atoms with Gasteiger partial charge in [-0.3, -0.25) is 4.79 Å². The van der Waals surface area contributed by atoms with Crippen molar-refractivity contribution in [3.8, 4) is 0 Å². The summed E-state index contributed by atoms with van der Waals surface area (Å²) < 4.78 is 0. The molecule has 4 heteroatoms. The van der Waals surface area contributed by atoms with Crippen LogP contribution in [0.3, 0.4) is 0 Å². The third-order valence-electron chi connectivity index (χ3n) is 6.23. The zero-order valence-electron chi connectivity index (χ0n) is 14.0. The van der Waals surface area contributed by atoms with E-state index in [0.29, 0.717) is 11.5 Å². The molecule has 4 unspecified atom stereocenters. The van der Waals surface area contributed by atoms with Crippen LogP contribution in [-0.2, 0) is 0 Å². The van der Waals surface area contributed by atoms with Gasteiger partial charge in [0.2, 0.25) is 0 Å². The summed E-state index contributed by atoms with van der Waals surface area (Å²) in [5, 5.41) is 3.22. The van der Waals surface area contributed by atoms with Gasteiger partial charge in [0, 0.05) is 25.3 Å². The molecule has 2 heterocycles. The predicted molar refractivity (Wildman–Crippen MR) is 91.6 cm³/mol. The van der Waals surface area contributed by atoms with E-state index in [1.54, 1.807) is 6.20 Å². The first-order chi connectivity index (χ1) is 11.2. The lowest BCUT2D eigenvalue weighted by Gasteiger charge is -2.28. The van der Waals surface area contributed by atoms with Gasteiger partial charge >= 0.3 is 0 Å². The van der Waals surface area contributed by atoms with Crippen LogP contribution in [0, 0.1) is 17.8 Å². The van der Waals surface area contributed by atoms with Gasteiger partial charge in [-0.1, -0.05) is 6.42 Å². The van der Waals surface area contributed by atoms with Gasteiger partial charge < -0.3 is 10.2 Å². The normalized spacial score (nSPS) is 30.7. The molecule has 4 atom stereocenters. The molecule has 0 radical (unpaired) electrons. The van der Waals surface area contributed by atoms with Crippen LogP contribution in [0.1, 0.15) is 55.8 Å². The lowest BCUT2D eigenvalue weighted by Crippen LogP contribution is -2.40. The second-order valence-electron chi connectivity index (χ2n) is 7.70. The largest absolute Gasteiger partial charge is 0.357 e. The van der Waals surface area contributed by atoms with Crippen molar-refractivity contribution >= 4 is 11.7 Å². The molecule has 1 amide bonds. The molecule has 3 aliphatic rings. The maximum Gasteiger partial charge on any atom is 0.253 e. The van der Waals surface area contributed by atoms with E-state index in [9.17, 15) is 4.79 Å². The van der Waals surface area contributed by atoms with Gasteiger partial charge in [0.25, 0.3) is 5.91 Å². The number of carbonyl (C=O) groups is 1. The van der Waals surface area contributed by atoms with E-state index in [0.717, 1.165) is 30.7 Å². The number of hydrogen-bond donors (Lipinski definition) is 1. The third-order valence-corrected chi connectivity index (χ3v) is 6.23. The molecule has 1 aliphatic heterocycles. The summed E-state index contributed by atoms with van der Waals surface area (Å²) in [5.41, 5.74) is 0.683. The fourth-order valence-electron chi connectivity index (χ4n) is 4.96. The smallest absolute Gasteiger partial charge is 0.253 e. The molecular weight excluding hydrogens is 286 g/mol. The zero-order valence-corrected chi connectivity index (χ0v) is 14.0. The van der Waals surface area contributed by atoms with E-state index < -0.39 is 0 Å². The first kappa shape index (κ1) is 15.0. The maximum atomic E-state index is 12.5. The van der Waals surface area contributed by atoms with Gasteiger partial charge in [-0.05, 0) is 68.9 Å². The third kappa shape index (κ3) is 2.96. The van der Waals surface area contributed by atoms with E-state index in [-0.39, 0.29) is 11.9 Å². The number of anilines is 1. The molecule has 4 rings (SSSR count). The van der Waals surface area contributed by atoms with E-state index >= 15 is 0 Å². The van der Waals surface area contributed by atoms with E-state index in [2.05, 4.69) is 22.1 Å². The van der Waals surface area contributed by atoms with Gasteiger partial charge in [-0.25, -0.2) is 4.98 Å². The molecule has 2 aliphatic carbocycles. The summed E-state index contributed by atoms with van der Waals surface area (Å²) in [5.74, 6) is 3.47. The van der Waals surface area contributed by atoms with Gasteiger partial charge in [0.05, 0.1) is 5.56 Å². The number of rotatable bonds is 4. The Labute approximate surface area is 138 Å². The zero-order chi connectivity index (χ0) is 15.8. The molecule has 2 saturated carbocycles. The monoisotopic (exact) mass is 313 g/mol. The minimum atomic E-state index is 0.0285. The van der Waals surface area contributed by atoms with Gasteiger partial charge in [0.15, 0.2) is 0 Å². The van der Waals surface area contributed by atoms with Crippen LogP contribution in [0.5, 0.6) is 0 Å². The Morgan fingerprint density at radius 1 is 1.26 bits per heavy atom. The summed E-state index contributed by atoms with van der Waals surface area (Å²) >= 11 is 0. The molecule has 1 N–H and O–H groups in total. The predicted octanol–water partition coefficient (Wildman–Crippen LogP) is 3.24. The highest BCUT2D eigenvalue weighted by Crippen LogP contribution is 2.49.